The molecule has 1 fully saturated rings. The Morgan fingerprint density at radius 1 is 1.09 bits per heavy atom. The number of likely N-dealkylation sites (tertiary alicyclic amines) is 1. The molecule has 2 nitrogen and oxygen atoms in total. The highest BCUT2D eigenvalue weighted by Crippen LogP contribution is 2.20. The van der Waals surface area contributed by atoms with Crippen LogP contribution in [0.1, 0.15) is 17.5 Å². The van der Waals surface area contributed by atoms with Gasteiger partial charge in [-0.2, -0.15) is 0 Å². The number of rotatable bonds is 3. The Bertz CT molecular complexity index is 694. The summed E-state index contributed by atoms with van der Waals surface area (Å²) in [5, 5.41) is 0. The molecule has 0 aromatic heterocycles. The van der Waals surface area contributed by atoms with Crippen molar-refractivity contribution in [1.82, 2.24) is 4.90 Å². The Morgan fingerprint density at radius 3 is 2.68 bits per heavy atom. The van der Waals surface area contributed by atoms with E-state index in [2.05, 4.69) is 45.1 Å². The molecule has 0 unspecified atom stereocenters. The number of carbonyl (C=O) groups is 1. The zero-order chi connectivity index (χ0) is 15.4. The van der Waals surface area contributed by atoms with Crippen LogP contribution in [0.5, 0.6) is 0 Å². The summed E-state index contributed by atoms with van der Waals surface area (Å²) in [6.45, 7) is 2.45. The molecule has 3 heteroatoms. The number of nitrogens with zero attached hydrogens (tertiary/aromatic N) is 1. The summed E-state index contributed by atoms with van der Waals surface area (Å²) in [7, 11) is 0. The lowest BCUT2D eigenvalue weighted by molar-refractivity contribution is -0.117. The number of ketones is 1. The van der Waals surface area contributed by atoms with Crippen LogP contribution in [-0.4, -0.2) is 23.8 Å². The van der Waals surface area contributed by atoms with E-state index in [1.54, 1.807) is 0 Å². The number of carbonyl (C=O) groups excluding carboxylic acids is 1. The molecule has 0 spiro atoms. The van der Waals surface area contributed by atoms with Gasteiger partial charge in [-0.25, -0.2) is 0 Å². The number of halogens is 1. The first-order valence-corrected chi connectivity index (χ1v) is 8.25. The van der Waals surface area contributed by atoms with Crippen LogP contribution in [0.2, 0.25) is 0 Å². The predicted molar refractivity (Wildman–Crippen MR) is 93.5 cm³/mol. The second kappa shape index (κ2) is 7.03. The zero-order valence-electron chi connectivity index (χ0n) is 12.3. The van der Waals surface area contributed by atoms with E-state index in [-0.39, 0.29) is 5.78 Å². The summed E-state index contributed by atoms with van der Waals surface area (Å²) in [5.74, 6) is 0.268. The normalized spacial score (nSPS) is 17.9. The molecular formula is C19H18BrNO. The first kappa shape index (κ1) is 15.2. The predicted octanol–water partition coefficient (Wildman–Crippen LogP) is 4.31. The van der Waals surface area contributed by atoms with Gasteiger partial charge in [0.1, 0.15) is 0 Å². The zero-order valence-corrected chi connectivity index (χ0v) is 13.9. The Kier molecular flexibility index (Phi) is 4.86. The molecule has 22 heavy (non-hydrogen) atoms. The van der Waals surface area contributed by atoms with Gasteiger partial charge in [-0.15, -0.1) is 0 Å². The summed E-state index contributed by atoms with van der Waals surface area (Å²) >= 11 is 3.47. The largest absolute Gasteiger partial charge is 0.294 e. The molecular weight excluding hydrogens is 338 g/mol. The molecule has 0 aliphatic carbocycles. The SMILES string of the molecule is O=C1CCN(Cc2ccccc2)C/C1=C\c1cccc(Br)c1. The average Bonchev–Trinajstić information content (AvgIpc) is 2.52. The lowest BCUT2D eigenvalue weighted by Crippen LogP contribution is -2.35. The molecule has 1 aliphatic heterocycles. The number of Topliss-reactive ketones (excluding diaryl/α,β-unsaturated/α-hetero) is 1. The topological polar surface area (TPSA) is 20.3 Å². The van der Waals surface area contributed by atoms with E-state index in [0.717, 1.165) is 35.2 Å². The molecule has 0 amide bonds. The van der Waals surface area contributed by atoms with Crippen molar-refractivity contribution in [2.24, 2.45) is 0 Å². The van der Waals surface area contributed by atoms with Crippen LogP contribution in [0.4, 0.5) is 0 Å². The van der Waals surface area contributed by atoms with E-state index < -0.39 is 0 Å². The lowest BCUT2D eigenvalue weighted by Gasteiger charge is -2.27. The minimum absolute atomic E-state index is 0.268. The van der Waals surface area contributed by atoms with Crippen LogP contribution in [0, 0.1) is 0 Å². The molecule has 2 aromatic rings. The van der Waals surface area contributed by atoms with Crippen LogP contribution in [0.3, 0.4) is 0 Å². The van der Waals surface area contributed by atoms with Gasteiger partial charge in [-0.3, -0.25) is 9.69 Å². The third kappa shape index (κ3) is 3.93. The van der Waals surface area contributed by atoms with E-state index in [9.17, 15) is 4.79 Å². The van der Waals surface area contributed by atoms with Gasteiger partial charge in [0.2, 0.25) is 0 Å². The van der Waals surface area contributed by atoms with E-state index in [4.69, 9.17) is 0 Å². The van der Waals surface area contributed by atoms with Crippen molar-refractivity contribution in [1.29, 1.82) is 0 Å². The minimum Gasteiger partial charge on any atom is -0.294 e. The van der Waals surface area contributed by atoms with Crippen LogP contribution in [0.15, 0.2) is 64.6 Å². The third-order valence-electron chi connectivity index (χ3n) is 3.85. The third-order valence-corrected chi connectivity index (χ3v) is 4.34. The fourth-order valence-corrected chi connectivity index (χ4v) is 3.15. The van der Waals surface area contributed by atoms with Gasteiger partial charge in [0.15, 0.2) is 5.78 Å². The van der Waals surface area contributed by atoms with E-state index >= 15 is 0 Å². The fraction of sp³-hybridized carbons (Fsp3) is 0.211. The van der Waals surface area contributed by atoms with Gasteiger partial charge >= 0.3 is 0 Å². The maximum atomic E-state index is 12.2. The molecule has 112 valence electrons. The number of hydrogen-bond acceptors (Lipinski definition) is 2. The van der Waals surface area contributed by atoms with Crippen LogP contribution in [-0.2, 0) is 11.3 Å². The van der Waals surface area contributed by atoms with Crippen LogP contribution < -0.4 is 0 Å². The molecule has 0 bridgehead atoms. The summed E-state index contributed by atoms with van der Waals surface area (Å²) in [6, 6.07) is 18.5. The van der Waals surface area contributed by atoms with E-state index in [1.807, 2.05) is 36.4 Å². The quantitative estimate of drug-likeness (QED) is 0.764. The second-order valence-electron chi connectivity index (χ2n) is 5.59. The van der Waals surface area contributed by atoms with Crippen molar-refractivity contribution < 1.29 is 4.79 Å². The smallest absolute Gasteiger partial charge is 0.161 e. The Morgan fingerprint density at radius 2 is 1.91 bits per heavy atom. The summed E-state index contributed by atoms with van der Waals surface area (Å²) in [5.41, 5.74) is 3.26. The molecule has 3 rings (SSSR count). The van der Waals surface area contributed by atoms with Gasteiger partial charge < -0.3 is 0 Å². The van der Waals surface area contributed by atoms with Gasteiger partial charge in [0.05, 0.1) is 0 Å². The van der Waals surface area contributed by atoms with Crippen molar-refractivity contribution in [2.75, 3.05) is 13.1 Å². The number of benzene rings is 2. The van der Waals surface area contributed by atoms with E-state index in [1.165, 1.54) is 5.56 Å². The molecule has 2 aromatic carbocycles. The average molecular weight is 356 g/mol. The first-order valence-electron chi connectivity index (χ1n) is 7.46. The van der Waals surface area contributed by atoms with Gasteiger partial charge in [-0.1, -0.05) is 58.4 Å². The highest BCUT2D eigenvalue weighted by molar-refractivity contribution is 9.10. The maximum Gasteiger partial charge on any atom is 0.161 e. The van der Waals surface area contributed by atoms with Crippen molar-refractivity contribution in [3.05, 3.63) is 75.8 Å². The van der Waals surface area contributed by atoms with Crippen molar-refractivity contribution in [3.8, 4) is 0 Å². The number of hydrogen-bond donors (Lipinski definition) is 0. The monoisotopic (exact) mass is 355 g/mol. The summed E-state index contributed by atoms with van der Waals surface area (Å²) in [4.78, 5) is 14.5. The molecule has 1 saturated heterocycles. The van der Waals surface area contributed by atoms with Gasteiger partial charge in [-0.05, 0) is 29.3 Å². The Hall–Kier alpha value is -1.71. The van der Waals surface area contributed by atoms with Gasteiger partial charge in [0, 0.05) is 36.1 Å². The van der Waals surface area contributed by atoms with Crippen molar-refractivity contribution >= 4 is 27.8 Å². The highest BCUT2D eigenvalue weighted by atomic mass is 79.9. The Labute approximate surface area is 139 Å². The Balaban J connectivity index is 1.75. The van der Waals surface area contributed by atoms with E-state index in [0.29, 0.717) is 6.42 Å². The molecule has 1 heterocycles. The lowest BCUT2D eigenvalue weighted by atomic mass is 10.00. The second-order valence-corrected chi connectivity index (χ2v) is 6.51. The maximum absolute atomic E-state index is 12.2. The van der Waals surface area contributed by atoms with Gasteiger partial charge in [0.25, 0.3) is 0 Å². The molecule has 0 radical (unpaired) electrons. The number of piperidine rings is 1. The highest BCUT2D eigenvalue weighted by Gasteiger charge is 2.21. The molecule has 0 atom stereocenters. The minimum atomic E-state index is 0.268. The summed E-state index contributed by atoms with van der Waals surface area (Å²) < 4.78 is 1.03. The molecule has 1 aliphatic rings. The molecule has 0 N–H and O–H groups in total. The fourth-order valence-electron chi connectivity index (χ4n) is 2.73. The van der Waals surface area contributed by atoms with Crippen LogP contribution in [0.25, 0.3) is 6.08 Å². The van der Waals surface area contributed by atoms with Crippen molar-refractivity contribution in [3.63, 3.8) is 0 Å². The van der Waals surface area contributed by atoms with Crippen LogP contribution >= 0.6 is 15.9 Å². The van der Waals surface area contributed by atoms with Crippen molar-refractivity contribution in [2.45, 2.75) is 13.0 Å². The summed E-state index contributed by atoms with van der Waals surface area (Å²) in [6.07, 6.45) is 2.62. The molecule has 0 saturated carbocycles. The standard InChI is InChI=1S/C19H18BrNO/c20-18-8-4-7-16(12-18)11-17-14-21(10-9-19(17)22)13-15-5-2-1-3-6-15/h1-8,11-12H,9-10,13-14H2/b17-11+. The first-order chi connectivity index (χ1) is 10.7.